The van der Waals surface area contributed by atoms with Gasteiger partial charge in [-0.05, 0) is 31.4 Å². The van der Waals surface area contributed by atoms with E-state index in [2.05, 4.69) is 36.2 Å². The molecule has 1 aliphatic rings. The number of hydrogen-bond donors (Lipinski definition) is 1. The topological polar surface area (TPSA) is 28.4 Å². The van der Waals surface area contributed by atoms with Crippen molar-refractivity contribution < 1.29 is 4.42 Å². The van der Waals surface area contributed by atoms with Crippen LogP contribution in [-0.4, -0.2) is 31.1 Å². The predicted molar refractivity (Wildman–Crippen MR) is 84.6 cm³/mol. The van der Waals surface area contributed by atoms with Crippen molar-refractivity contribution in [2.24, 2.45) is 5.92 Å². The Morgan fingerprint density at radius 2 is 1.84 bits per heavy atom. The molecule has 5 heteroatoms. The number of nitrogens with zero attached hydrogens (tertiary/aromatic N) is 1. The second kappa shape index (κ2) is 8.85. The maximum absolute atomic E-state index is 5.84. The van der Waals surface area contributed by atoms with E-state index in [4.69, 9.17) is 4.42 Å². The Balaban J connectivity index is 0.00000162. The van der Waals surface area contributed by atoms with Crippen LogP contribution in [0.25, 0.3) is 0 Å². The van der Waals surface area contributed by atoms with Crippen molar-refractivity contribution in [1.82, 2.24) is 10.2 Å². The van der Waals surface area contributed by atoms with Crippen LogP contribution in [0.1, 0.15) is 37.8 Å². The Hall–Kier alpha value is -0.220. The van der Waals surface area contributed by atoms with Gasteiger partial charge >= 0.3 is 0 Å². The minimum atomic E-state index is 0. The van der Waals surface area contributed by atoms with Gasteiger partial charge in [0.1, 0.15) is 11.5 Å². The van der Waals surface area contributed by atoms with E-state index in [1.807, 2.05) is 6.92 Å². The molecular weight excluding hydrogens is 283 g/mol. The average molecular weight is 309 g/mol. The SMILES string of the molecule is Cc1ccc([C@H](CC(C)C)N2CCNCC2)o1.Cl.Cl. The summed E-state index contributed by atoms with van der Waals surface area (Å²) in [5.74, 6) is 2.85. The van der Waals surface area contributed by atoms with Gasteiger partial charge in [0.05, 0.1) is 6.04 Å². The number of aryl methyl sites for hydroxylation is 1. The lowest BCUT2D eigenvalue weighted by molar-refractivity contribution is 0.135. The number of nitrogens with one attached hydrogen (secondary N) is 1. The second-order valence-electron chi connectivity index (χ2n) is 5.38. The summed E-state index contributed by atoms with van der Waals surface area (Å²) in [7, 11) is 0. The van der Waals surface area contributed by atoms with Crippen LogP contribution >= 0.6 is 24.8 Å². The average Bonchev–Trinajstić information content (AvgIpc) is 2.73. The lowest BCUT2D eigenvalue weighted by Crippen LogP contribution is -2.45. The van der Waals surface area contributed by atoms with E-state index in [9.17, 15) is 0 Å². The van der Waals surface area contributed by atoms with E-state index in [0.29, 0.717) is 12.0 Å². The van der Waals surface area contributed by atoms with Crippen LogP contribution in [0.15, 0.2) is 16.5 Å². The van der Waals surface area contributed by atoms with Gasteiger partial charge in [-0.3, -0.25) is 4.90 Å². The molecule has 0 spiro atoms. The lowest BCUT2D eigenvalue weighted by Gasteiger charge is -2.34. The van der Waals surface area contributed by atoms with Crippen molar-refractivity contribution in [1.29, 1.82) is 0 Å². The first-order chi connectivity index (χ1) is 8.16. The molecule has 0 amide bonds. The summed E-state index contributed by atoms with van der Waals surface area (Å²) in [5, 5.41) is 3.41. The zero-order chi connectivity index (χ0) is 12.3. The molecule has 1 saturated heterocycles. The molecule has 0 unspecified atom stereocenters. The van der Waals surface area contributed by atoms with Crippen molar-refractivity contribution in [3.05, 3.63) is 23.7 Å². The first kappa shape index (κ1) is 18.8. The van der Waals surface area contributed by atoms with Gasteiger partial charge in [0.15, 0.2) is 0 Å². The van der Waals surface area contributed by atoms with E-state index in [0.717, 1.165) is 37.7 Å². The Morgan fingerprint density at radius 1 is 1.21 bits per heavy atom. The van der Waals surface area contributed by atoms with E-state index in [-0.39, 0.29) is 24.8 Å². The van der Waals surface area contributed by atoms with Crippen LogP contribution in [0.4, 0.5) is 0 Å². The maximum Gasteiger partial charge on any atom is 0.121 e. The fourth-order valence-corrected chi connectivity index (χ4v) is 2.52. The van der Waals surface area contributed by atoms with Crippen LogP contribution in [0.5, 0.6) is 0 Å². The number of furan rings is 1. The number of piperazine rings is 1. The first-order valence-electron chi connectivity index (χ1n) is 6.68. The summed E-state index contributed by atoms with van der Waals surface area (Å²) in [6, 6.07) is 4.67. The van der Waals surface area contributed by atoms with Crippen LogP contribution < -0.4 is 5.32 Å². The summed E-state index contributed by atoms with van der Waals surface area (Å²) >= 11 is 0. The number of halogens is 2. The number of rotatable bonds is 4. The Kier molecular flexibility index (Phi) is 8.75. The van der Waals surface area contributed by atoms with Crippen LogP contribution in [0.2, 0.25) is 0 Å². The van der Waals surface area contributed by atoms with Crippen LogP contribution in [0, 0.1) is 12.8 Å². The minimum absolute atomic E-state index is 0. The standard InChI is InChI=1S/C14H24N2O.2ClH/c1-11(2)10-13(14-5-4-12(3)17-14)16-8-6-15-7-9-16;;/h4-5,11,13,15H,6-10H2,1-3H3;2*1H/t13-;;/m0../s1. The second-order valence-corrected chi connectivity index (χ2v) is 5.38. The van der Waals surface area contributed by atoms with Crippen LogP contribution in [0.3, 0.4) is 0 Å². The normalized spacial score (nSPS) is 17.7. The molecular formula is C14H26Cl2N2O. The van der Waals surface area contributed by atoms with E-state index in [1.54, 1.807) is 0 Å². The summed E-state index contributed by atoms with van der Waals surface area (Å²) in [5.41, 5.74) is 0. The molecule has 0 saturated carbocycles. The largest absolute Gasteiger partial charge is 0.465 e. The van der Waals surface area contributed by atoms with Crippen molar-refractivity contribution in [2.45, 2.75) is 33.2 Å². The maximum atomic E-state index is 5.84. The fourth-order valence-electron chi connectivity index (χ4n) is 2.52. The first-order valence-corrected chi connectivity index (χ1v) is 6.68. The summed E-state index contributed by atoms with van der Waals surface area (Å²) in [6.07, 6.45) is 1.17. The highest BCUT2D eigenvalue weighted by Crippen LogP contribution is 2.29. The molecule has 0 aliphatic carbocycles. The third-order valence-corrected chi connectivity index (χ3v) is 3.38. The zero-order valence-corrected chi connectivity index (χ0v) is 13.6. The Morgan fingerprint density at radius 3 is 2.32 bits per heavy atom. The molecule has 1 fully saturated rings. The highest BCUT2D eigenvalue weighted by atomic mass is 35.5. The van der Waals surface area contributed by atoms with Crippen LogP contribution in [-0.2, 0) is 0 Å². The summed E-state index contributed by atoms with van der Waals surface area (Å²) < 4.78 is 5.84. The molecule has 3 nitrogen and oxygen atoms in total. The summed E-state index contributed by atoms with van der Waals surface area (Å²) in [4.78, 5) is 2.55. The molecule has 1 aromatic heterocycles. The van der Waals surface area contributed by atoms with E-state index in [1.165, 1.54) is 6.42 Å². The lowest BCUT2D eigenvalue weighted by atomic mass is 10.00. The molecule has 19 heavy (non-hydrogen) atoms. The monoisotopic (exact) mass is 308 g/mol. The van der Waals surface area contributed by atoms with Crippen molar-refractivity contribution in [3.63, 3.8) is 0 Å². The van der Waals surface area contributed by atoms with Gasteiger partial charge in [-0.1, -0.05) is 13.8 Å². The van der Waals surface area contributed by atoms with Gasteiger partial charge in [-0.2, -0.15) is 0 Å². The van der Waals surface area contributed by atoms with Gasteiger partial charge in [0, 0.05) is 26.2 Å². The molecule has 0 bridgehead atoms. The highest BCUT2D eigenvalue weighted by molar-refractivity contribution is 5.85. The van der Waals surface area contributed by atoms with Gasteiger partial charge in [-0.15, -0.1) is 24.8 Å². The van der Waals surface area contributed by atoms with E-state index >= 15 is 0 Å². The summed E-state index contributed by atoms with van der Waals surface area (Å²) in [6.45, 7) is 11.0. The quantitative estimate of drug-likeness (QED) is 0.924. The van der Waals surface area contributed by atoms with Gasteiger partial charge in [0.2, 0.25) is 0 Å². The van der Waals surface area contributed by atoms with E-state index < -0.39 is 0 Å². The fraction of sp³-hybridized carbons (Fsp3) is 0.714. The minimum Gasteiger partial charge on any atom is -0.465 e. The van der Waals surface area contributed by atoms with Gasteiger partial charge in [0.25, 0.3) is 0 Å². The Bertz CT molecular complexity index is 349. The molecule has 0 radical (unpaired) electrons. The molecule has 1 atom stereocenters. The van der Waals surface area contributed by atoms with Crippen molar-refractivity contribution in [3.8, 4) is 0 Å². The van der Waals surface area contributed by atoms with Crippen molar-refractivity contribution >= 4 is 24.8 Å². The van der Waals surface area contributed by atoms with Gasteiger partial charge in [-0.25, -0.2) is 0 Å². The molecule has 0 aromatic carbocycles. The third-order valence-electron chi connectivity index (χ3n) is 3.38. The molecule has 112 valence electrons. The van der Waals surface area contributed by atoms with Crippen molar-refractivity contribution in [2.75, 3.05) is 26.2 Å². The smallest absolute Gasteiger partial charge is 0.121 e. The molecule has 1 N–H and O–H groups in total. The predicted octanol–water partition coefficient (Wildman–Crippen LogP) is 3.42. The third kappa shape index (κ3) is 5.35. The molecule has 2 rings (SSSR count). The highest BCUT2D eigenvalue weighted by Gasteiger charge is 2.25. The number of hydrogen-bond acceptors (Lipinski definition) is 3. The Labute approximate surface area is 128 Å². The zero-order valence-electron chi connectivity index (χ0n) is 12.0. The molecule has 2 heterocycles. The molecule has 1 aliphatic heterocycles. The molecule has 1 aromatic rings. The van der Waals surface area contributed by atoms with Gasteiger partial charge < -0.3 is 9.73 Å².